The van der Waals surface area contributed by atoms with Crippen LogP contribution in [0.3, 0.4) is 0 Å². The van der Waals surface area contributed by atoms with Gasteiger partial charge in [-0.2, -0.15) is 0 Å². The van der Waals surface area contributed by atoms with Crippen molar-refractivity contribution in [3.05, 3.63) is 29.8 Å². The molecule has 0 saturated heterocycles. The predicted octanol–water partition coefficient (Wildman–Crippen LogP) is 2.56. The number of fused-ring (bicyclic) bond motifs is 1. The zero-order valence-electron chi connectivity index (χ0n) is 8.91. The van der Waals surface area contributed by atoms with Crippen LogP contribution in [0.1, 0.15) is 5.82 Å². The minimum Gasteiger partial charge on any atom is -0.383 e. The summed E-state index contributed by atoms with van der Waals surface area (Å²) < 4.78 is 20.0. The lowest BCUT2D eigenvalue weighted by Gasteiger charge is -2.06. The highest BCUT2D eigenvalue weighted by Crippen LogP contribution is 2.18. The third kappa shape index (κ3) is 2.03. The molecular formula is C11H12ClFN2O. The van der Waals surface area contributed by atoms with Gasteiger partial charge < -0.3 is 9.30 Å². The van der Waals surface area contributed by atoms with E-state index in [4.69, 9.17) is 16.3 Å². The number of nitrogens with zero attached hydrogens (tertiary/aromatic N) is 2. The number of rotatable bonds is 4. The Labute approximate surface area is 97.8 Å². The average molecular weight is 243 g/mol. The van der Waals surface area contributed by atoms with Crippen LogP contribution in [0.5, 0.6) is 0 Å². The van der Waals surface area contributed by atoms with Crippen LogP contribution < -0.4 is 0 Å². The fraction of sp³-hybridized carbons (Fsp3) is 0.364. The molecule has 5 heteroatoms. The Hall–Kier alpha value is -1.13. The Kier molecular flexibility index (Phi) is 3.41. The number of alkyl halides is 1. The van der Waals surface area contributed by atoms with Crippen LogP contribution in [-0.2, 0) is 17.2 Å². The van der Waals surface area contributed by atoms with Gasteiger partial charge in [-0.1, -0.05) is 0 Å². The first-order valence-electron chi connectivity index (χ1n) is 4.96. The molecule has 0 bridgehead atoms. The van der Waals surface area contributed by atoms with Crippen molar-refractivity contribution in [3.8, 4) is 0 Å². The van der Waals surface area contributed by atoms with E-state index in [-0.39, 0.29) is 5.82 Å². The summed E-state index contributed by atoms with van der Waals surface area (Å²) in [6.45, 7) is 1.17. The topological polar surface area (TPSA) is 27.1 Å². The highest BCUT2D eigenvalue weighted by atomic mass is 35.5. The van der Waals surface area contributed by atoms with Gasteiger partial charge in [-0.3, -0.25) is 0 Å². The van der Waals surface area contributed by atoms with Gasteiger partial charge in [0.25, 0.3) is 0 Å². The van der Waals surface area contributed by atoms with E-state index in [1.807, 2.05) is 4.57 Å². The maximum atomic E-state index is 13.1. The van der Waals surface area contributed by atoms with Gasteiger partial charge in [0.1, 0.15) is 11.6 Å². The molecule has 2 rings (SSSR count). The first-order valence-corrected chi connectivity index (χ1v) is 5.49. The summed E-state index contributed by atoms with van der Waals surface area (Å²) in [5.74, 6) is 0.770. The molecule has 0 amide bonds. The third-order valence-corrected chi connectivity index (χ3v) is 2.67. The van der Waals surface area contributed by atoms with Crippen molar-refractivity contribution in [2.45, 2.75) is 12.4 Å². The molecule has 1 heterocycles. The second-order valence-electron chi connectivity index (χ2n) is 3.44. The summed E-state index contributed by atoms with van der Waals surface area (Å²) in [5.41, 5.74) is 1.51. The highest BCUT2D eigenvalue weighted by molar-refractivity contribution is 6.16. The molecule has 0 aliphatic carbocycles. The first kappa shape index (κ1) is 11.4. The van der Waals surface area contributed by atoms with E-state index in [0.717, 1.165) is 16.9 Å². The van der Waals surface area contributed by atoms with Crippen LogP contribution in [0, 0.1) is 5.82 Å². The summed E-state index contributed by atoms with van der Waals surface area (Å²) in [6, 6.07) is 4.52. The Morgan fingerprint density at radius 2 is 2.31 bits per heavy atom. The normalized spacial score (nSPS) is 11.2. The monoisotopic (exact) mass is 242 g/mol. The van der Waals surface area contributed by atoms with Crippen LogP contribution in [0.25, 0.3) is 11.0 Å². The van der Waals surface area contributed by atoms with Gasteiger partial charge in [-0.05, 0) is 18.2 Å². The zero-order chi connectivity index (χ0) is 11.5. The van der Waals surface area contributed by atoms with Crippen LogP contribution in [-0.4, -0.2) is 23.3 Å². The number of hydrogen-bond acceptors (Lipinski definition) is 2. The highest BCUT2D eigenvalue weighted by Gasteiger charge is 2.10. The fourth-order valence-electron chi connectivity index (χ4n) is 1.68. The molecular weight excluding hydrogens is 231 g/mol. The van der Waals surface area contributed by atoms with Gasteiger partial charge in [-0.25, -0.2) is 9.37 Å². The van der Waals surface area contributed by atoms with E-state index in [1.165, 1.54) is 12.1 Å². The molecule has 0 aliphatic heterocycles. The minimum atomic E-state index is -0.271. The SMILES string of the molecule is COCCn1c(CCl)nc2ccc(F)cc21. The summed E-state index contributed by atoms with van der Waals surface area (Å²) >= 11 is 5.80. The number of halogens is 2. The van der Waals surface area contributed by atoms with Crippen molar-refractivity contribution in [1.82, 2.24) is 9.55 Å². The summed E-state index contributed by atoms with van der Waals surface area (Å²) in [6.07, 6.45) is 0. The fourth-order valence-corrected chi connectivity index (χ4v) is 1.88. The number of benzene rings is 1. The number of imidazole rings is 1. The minimum absolute atomic E-state index is 0.271. The van der Waals surface area contributed by atoms with Crippen molar-refractivity contribution in [2.75, 3.05) is 13.7 Å². The summed E-state index contributed by atoms with van der Waals surface area (Å²) in [7, 11) is 1.63. The van der Waals surface area contributed by atoms with Crippen LogP contribution in [0.4, 0.5) is 4.39 Å². The molecule has 3 nitrogen and oxygen atoms in total. The molecule has 0 atom stereocenters. The van der Waals surface area contributed by atoms with E-state index in [9.17, 15) is 4.39 Å². The Morgan fingerprint density at radius 3 is 3.00 bits per heavy atom. The van der Waals surface area contributed by atoms with Crippen LogP contribution >= 0.6 is 11.6 Å². The van der Waals surface area contributed by atoms with Gasteiger partial charge in [0, 0.05) is 13.7 Å². The molecule has 86 valence electrons. The van der Waals surface area contributed by atoms with Crippen LogP contribution in [0.2, 0.25) is 0 Å². The quantitative estimate of drug-likeness (QED) is 0.771. The van der Waals surface area contributed by atoms with E-state index >= 15 is 0 Å². The first-order chi connectivity index (χ1) is 7.76. The largest absolute Gasteiger partial charge is 0.383 e. The molecule has 1 aromatic heterocycles. The Balaban J connectivity index is 2.52. The lowest BCUT2D eigenvalue weighted by atomic mass is 10.3. The molecule has 0 radical (unpaired) electrons. The predicted molar refractivity (Wildman–Crippen MR) is 61.1 cm³/mol. The van der Waals surface area contributed by atoms with Crippen molar-refractivity contribution in [3.63, 3.8) is 0 Å². The van der Waals surface area contributed by atoms with Gasteiger partial charge >= 0.3 is 0 Å². The lowest BCUT2D eigenvalue weighted by molar-refractivity contribution is 0.187. The Morgan fingerprint density at radius 1 is 1.50 bits per heavy atom. The number of ether oxygens (including phenoxy) is 1. The molecule has 2 aromatic rings. The van der Waals surface area contributed by atoms with E-state index in [1.54, 1.807) is 13.2 Å². The number of hydrogen-bond donors (Lipinski definition) is 0. The molecule has 16 heavy (non-hydrogen) atoms. The standard InChI is InChI=1S/C11H12ClFN2O/c1-16-5-4-15-10-6-8(13)2-3-9(10)14-11(15)7-12/h2-3,6H,4-5,7H2,1H3. The lowest BCUT2D eigenvalue weighted by Crippen LogP contribution is -2.07. The van der Waals surface area contributed by atoms with Crippen LogP contribution in [0.15, 0.2) is 18.2 Å². The van der Waals surface area contributed by atoms with Gasteiger partial charge in [-0.15, -0.1) is 11.6 Å². The summed E-state index contributed by atoms with van der Waals surface area (Å²) in [4.78, 5) is 4.33. The molecule has 1 aromatic carbocycles. The maximum Gasteiger partial charge on any atom is 0.125 e. The van der Waals surface area contributed by atoms with Crippen molar-refractivity contribution in [2.24, 2.45) is 0 Å². The van der Waals surface area contributed by atoms with Crippen molar-refractivity contribution in [1.29, 1.82) is 0 Å². The zero-order valence-corrected chi connectivity index (χ0v) is 9.67. The molecule has 0 saturated carbocycles. The summed E-state index contributed by atoms with van der Waals surface area (Å²) in [5, 5.41) is 0. The Bertz CT molecular complexity index is 498. The second-order valence-corrected chi connectivity index (χ2v) is 3.71. The smallest absolute Gasteiger partial charge is 0.125 e. The molecule has 0 unspecified atom stereocenters. The molecule has 0 spiro atoms. The van der Waals surface area contributed by atoms with Gasteiger partial charge in [0.05, 0.1) is 23.5 Å². The second kappa shape index (κ2) is 4.80. The van der Waals surface area contributed by atoms with Gasteiger partial charge in [0.2, 0.25) is 0 Å². The van der Waals surface area contributed by atoms with E-state index < -0.39 is 0 Å². The van der Waals surface area contributed by atoms with Crippen molar-refractivity contribution < 1.29 is 9.13 Å². The van der Waals surface area contributed by atoms with Crippen molar-refractivity contribution >= 4 is 22.6 Å². The number of aromatic nitrogens is 2. The molecule has 0 N–H and O–H groups in total. The van der Waals surface area contributed by atoms with E-state index in [2.05, 4.69) is 4.98 Å². The van der Waals surface area contributed by atoms with Gasteiger partial charge in [0.15, 0.2) is 0 Å². The number of methoxy groups -OCH3 is 1. The maximum absolute atomic E-state index is 13.1. The molecule has 0 fully saturated rings. The third-order valence-electron chi connectivity index (χ3n) is 2.43. The van der Waals surface area contributed by atoms with E-state index in [0.29, 0.717) is 19.0 Å². The molecule has 0 aliphatic rings. The average Bonchev–Trinajstić information content (AvgIpc) is 2.63.